The molecule has 0 aliphatic heterocycles. The molecular weight excluding hydrogens is 318 g/mol. The van der Waals surface area contributed by atoms with Crippen molar-refractivity contribution in [2.75, 3.05) is 0 Å². The van der Waals surface area contributed by atoms with Gasteiger partial charge in [-0.05, 0) is 45.4 Å². The maximum absolute atomic E-state index is 11.6. The van der Waals surface area contributed by atoms with Gasteiger partial charge >= 0.3 is 12.1 Å². The van der Waals surface area contributed by atoms with Gasteiger partial charge in [0.05, 0.1) is 11.3 Å². The van der Waals surface area contributed by atoms with E-state index in [0.29, 0.717) is 5.56 Å². The lowest BCUT2D eigenvalue weighted by atomic mass is 10.2. The molecule has 0 saturated heterocycles. The number of hydrogen-bond acceptors (Lipinski definition) is 7. The first-order valence-electron chi connectivity index (χ1n) is 7.35. The van der Waals surface area contributed by atoms with Gasteiger partial charge in [0.15, 0.2) is 0 Å². The summed E-state index contributed by atoms with van der Waals surface area (Å²) in [6, 6.07) is 5.59. The van der Waals surface area contributed by atoms with Gasteiger partial charge in [-0.25, -0.2) is 4.79 Å². The van der Waals surface area contributed by atoms with Gasteiger partial charge in [0.25, 0.3) is 5.69 Å². The third-order valence-corrected chi connectivity index (χ3v) is 2.68. The smallest absolute Gasteiger partial charge is 0.460 e. The summed E-state index contributed by atoms with van der Waals surface area (Å²) in [5.74, 6) is -0.474. The van der Waals surface area contributed by atoms with Gasteiger partial charge in [0.2, 0.25) is 0 Å². The molecule has 1 atom stereocenters. The number of benzene rings is 1. The van der Waals surface area contributed by atoms with Crippen LogP contribution in [0.25, 0.3) is 0 Å². The molecule has 0 amide bonds. The van der Waals surface area contributed by atoms with Crippen molar-refractivity contribution in [2.24, 2.45) is 0 Å². The Morgan fingerprint density at radius 2 is 1.79 bits per heavy atom. The lowest BCUT2D eigenvalue weighted by molar-refractivity contribution is -0.384. The molecule has 0 radical (unpaired) electrons. The Labute approximate surface area is 139 Å². The monoisotopic (exact) mass is 339 g/mol. The van der Waals surface area contributed by atoms with E-state index >= 15 is 0 Å². The zero-order valence-electron chi connectivity index (χ0n) is 14.1. The minimum atomic E-state index is -0.926. The molecule has 1 aromatic carbocycles. The van der Waals surface area contributed by atoms with E-state index in [1.165, 1.54) is 24.3 Å². The Hall–Kier alpha value is -2.64. The SMILES string of the molecule is C[C@@H](CC(=O)OC(C)(C)C)OC(=O)OCc1ccc([N+](=O)[O-])cc1. The summed E-state index contributed by atoms with van der Waals surface area (Å²) in [5, 5.41) is 10.5. The van der Waals surface area contributed by atoms with Gasteiger partial charge < -0.3 is 14.2 Å². The third kappa shape index (κ3) is 7.57. The van der Waals surface area contributed by atoms with E-state index in [0.717, 1.165) is 0 Å². The molecule has 24 heavy (non-hydrogen) atoms. The van der Waals surface area contributed by atoms with E-state index < -0.39 is 28.8 Å². The second-order valence-corrected chi connectivity index (χ2v) is 6.18. The maximum atomic E-state index is 11.6. The number of esters is 1. The summed E-state index contributed by atoms with van der Waals surface area (Å²) in [6.07, 6.45) is -1.70. The highest BCUT2D eigenvalue weighted by molar-refractivity contribution is 5.71. The van der Waals surface area contributed by atoms with E-state index in [1.54, 1.807) is 27.7 Å². The fourth-order valence-electron chi connectivity index (χ4n) is 1.71. The average Bonchev–Trinajstić information content (AvgIpc) is 2.43. The Morgan fingerprint density at radius 1 is 1.21 bits per heavy atom. The molecule has 0 fully saturated rings. The molecule has 0 heterocycles. The molecule has 0 spiro atoms. The molecular formula is C16H21NO7. The standard InChI is InChI=1S/C16H21NO7/c1-11(9-14(18)24-16(2,3)4)23-15(19)22-10-12-5-7-13(8-6-12)17(20)21/h5-8,11H,9-10H2,1-4H3/t11-/m0/s1. The van der Waals surface area contributed by atoms with Crippen LogP contribution >= 0.6 is 0 Å². The molecule has 1 rings (SSSR count). The first kappa shape index (κ1) is 19.4. The fraction of sp³-hybridized carbons (Fsp3) is 0.500. The molecule has 0 N–H and O–H groups in total. The van der Waals surface area contributed by atoms with Crippen molar-refractivity contribution in [1.29, 1.82) is 0 Å². The number of carbonyl (C=O) groups excluding carboxylic acids is 2. The summed E-state index contributed by atoms with van der Waals surface area (Å²) >= 11 is 0. The minimum absolute atomic E-state index is 0.0488. The van der Waals surface area contributed by atoms with Crippen LogP contribution in [0.1, 0.15) is 39.7 Å². The van der Waals surface area contributed by atoms with Crippen LogP contribution in [0.5, 0.6) is 0 Å². The van der Waals surface area contributed by atoms with Crippen molar-refractivity contribution in [3.8, 4) is 0 Å². The van der Waals surface area contributed by atoms with Crippen molar-refractivity contribution < 1.29 is 28.7 Å². The number of nitrogens with zero attached hydrogens (tertiary/aromatic N) is 1. The van der Waals surface area contributed by atoms with Gasteiger partial charge in [0, 0.05) is 12.1 Å². The Balaban J connectivity index is 2.37. The molecule has 0 aliphatic rings. The van der Waals surface area contributed by atoms with Gasteiger partial charge in [-0.3, -0.25) is 14.9 Å². The fourth-order valence-corrected chi connectivity index (χ4v) is 1.71. The highest BCUT2D eigenvalue weighted by atomic mass is 16.7. The lowest BCUT2D eigenvalue weighted by Gasteiger charge is -2.20. The molecule has 0 aliphatic carbocycles. The molecule has 0 saturated carbocycles. The summed E-state index contributed by atoms with van der Waals surface area (Å²) in [6.45, 7) is 6.70. The summed E-state index contributed by atoms with van der Waals surface area (Å²) < 4.78 is 15.0. The van der Waals surface area contributed by atoms with E-state index in [-0.39, 0.29) is 18.7 Å². The minimum Gasteiger partial charge on any atom is -0.460 e. The zero-order chi connectivity index (χ0) is 18.3. The molecule has 132 valence electrons. The first-order chi connectivity index (χ1) is 11.1. The molecule has 0 bridgehead atoms. The molecule has 0 unspecified atom stereocenters. The average molecular weight is 339 g/mol. The van der Waals surface area contributed by atoms with Crippen molar-refractivity contribution in [2.45, 2.75) is 52.4 Å². The summed E-state index contributed by atoms with van der Waals surface area (Å²) in [4.78, 5) is 33.2. The second kappa shape index (κ2) is 8.28. The van der Waals surface area contributed by atoms with Crippen molar-refractivity contribution in [3.05, 3.63) is 39.9 Å². The van der Waals surface area contributed by atoms with E-state index in [9.17, 15) is 19.7 Å². The molecule has 1 aromatic rings. The van der Waals surface area contributed by atoms with Crippen LogP contribution in [0.4, 0.5) is 10.5 Å². The topological polar surface area (TPSA) is 105 Å². The van der Waals surface area contributed by atoms with Gasteiger partial charge in [-0.15, -0.1) is 0 Å². The van der Waals surface area contributed by atoms with Crippen LogP contribution in [0.3, 0.4) is 0 Å². The van der Waals surface area contributed by atoms with Gasteiger partial charge in [0.1, 0.15) is 18.3 Å². The predicted octanol–water partition coefficient (Wildman–Crippen LogP) is 3.37. The van der Waals surface area contributed by atoms with E-state index in [1.807, 2.05) is 0 Å². The zero-order valence-corrected chi connectivity index (χ0v) is 14.1. The normalized spacial score (nSPS) is 12.2. The predicted molar refractivity (Wildman–Crippen MR) is 84.3 cm³/mol. The largest absolute Gasteiger partial charge is 0.508 e. The number of non-ortho nitro benzene ring substituents is 1. The Morgan fingerprint density at radius 3 is 2.29 bits per heavy atom. The van der Waals surface area contributed by atoms with Crippen LogP contribution in [0, 0.1) is 10.1 Å². The number of carbonyl (C=O) groups is 2. The summed E-state index contributed by atoms with van der Waals surface area (Å²) in [7, 11) is 0. The van der Waals surface area contributed by atoms with Gasteiger partial charge in [-0.2, -0.15) is 0 Å². The number of rotatable bonds is 6. The van der Waals surface area contributed by atoms with Crippen LogP contribution in [0.2, 0.25) is 0 Å². The molecule has 8 nitrogen and oxygen atoms in total. The first-order valence-corrected chi connectivity index (χ1v) is 7.35. The number of hydrogen-bond donors (Lipinski definition) is 0. The number of nitro benzene ring substituents is 1. The lowest BCUT2D eigenvalue weighted by Crippen LogP contribution is -2.27. The maximum Gasteiger partial charge on any atom is 0.508 e. The highest BCUT2D eigenvalue weighted by Gasteiger charge is 2.20. The van der Waals surface area contributed by atoms with Crippen LogP contribution < -0.4 is 0 Å². The van der Waals surface area contributed by atoms with Crippen LogP contribution in [-0.2, 0) is 25.6 Å². The van der Waals surface area contributed by atoms with Crippen LogP contribution in [0.15, 0.2) is 24.3 Å². The van der Waals surface area contributed by atoms with E-state index in [2.05, 4.69) is 0 Å². The van der Waals surface area contributed by atoms with Crippen molar-refractivity contribution >= 4 is 17.8 Å². The quantitative estimate of drug-likeness (QED) is 0.444. The Kier molecular flexibility index (Phi) is 6.69. The molecule has 0 aromatic heterocycles. The highest BCUT2D eigenvalue weighted by Crippen LogP contribution is 2.14. The van der Waals surface area contributed by atoms with Crippen LogP contribution in [-0.4, -0.2) is 28.8 Å². The third-order valence-electron chi connectivity index (χ3n) is 2.68. The van der Waals surface area contributed by atoms with Gasteiger partial charge in [-0.1, -0.05) is 0 Å². The van der Waals surface area contributed by atoms with Crippen molar-refractivity contribution in [3.63, 3.8) is 0 Å². The second-order valence-electron chi connectivity index (χ2n) is 6.18. The number of nitro groups is 1. The summed E-state index contributed by atoms with van der Waals surface area (Å²) in [5.41, 5.74) is -0.0718. The Bertz CT molecular complexity index is 589. The van der Waals surface area contributed by atoms with Crippen molar-refractivity contribution in [1.82, 2.24) is 0 Å². The molecule has 8 heteroatoms. The van der Waals surface area contributed by atoms with E-state index in [4.69, 9.17) is 14.2 Å². The number of ether oxygens (including phenoxy) is 3.